The molecule has 2 N–H and O–H groups in total. The number of methoxy groups -OCH3 is 1. The Morgan fingerprint density at radius 1 is 1.42 bits per heavy atom. The molecule has 1 unspecified atom stereocenters. The van der Waals surface area contributed by atoms with Crippen LogP contribution in [0.1, 0.15) is 6.42 Å². The average Bonchev–Trinajstić information content (AvgIpc) is 2.95. The van der Waals surface area contributed by atoms with Crippen molar-refractivity contribution in [2.45, 2.75) is 6.42 Å². The molecule has 2 rings (SSSR count). The SMILES string of the molecule is COc1ccccc1N1CC(C(=O)NCCSCC(=O)O)CC1=O. The molecule has 0 radical (unpaired) electrons. The van der Waals surface area contributed by atoms with Crippen molar-refractivity contribution in [1.29, 1.82) is 0 Å². The van der Waals surface area contributed by atoms with E-state index in [1.54, 1.807) is 24.1 Å². The smallest absolute Gasteiger partial charge is 0.313 e. The third-order valence-corrected chi connectivity index (χ3v) is 4.59. The summed E-state index contributed by atoms with van der Waals surface area (Å²) in [4.78, 5) is 36.4. The number of benzene rings is 1. The van der Waals surface area contributed by atoms with Crippen LogP contribution < -0.4 is 15.0 Å². The number of carbonyl (C=O) groups is 3. The lowest BCUT2D eigenvalue weighted by atomic mass is 10.1. The molecule has 1 heterocycles. The van der Waals surface area contributed by atoms with Crippen LogP contribution in [0.25, 0.3) is 0 Å². The summed E-state index contributed by atoms with van der Waals surface area (Å²) in [5, 5.41) is 11.3. The summed E-state index contributed by atoms with van der Waals surface area (Å²) >= 11 is 1.24. The Morgan fingerprint density at radius 3 is 2.88 bits per heavy atom. The van der Waals surface area contributed by atoms with Gasteiger partial charge >= 0.3 is 5.97 Å². The number of amides is 2. The van der Waals surface area contributed by atoms with Gasteiger partial charge in [0.15, 0.2) is 0 Å². The van der Waals surface area contributed by atoms with Crippen LogP contribution in [0, 0.1) is 5.92 Å². The molecule has 24 heavy (non-hydrogen) atoms. The molecule has 1 atom stereocenters. The van der Waals surface area contributed by atoms with Gasteiger partial charge in [0.2, 0.25) is 11.8 Å². The van der Waals surface area contributed by atoms with Crippen LogP contribution in [0.15, 0.2) is 24.3 Å². The van der Waals surface area contributed by atoms with Crippen LogP contribution in [0.2, 0.25) is 0 Å². The Balaban J connectivity index is 1.87. The number of hydrogen-bond acceptors (Lipinski definition) is 5. The second kappa shape index (κ2) is 8.58. The first-order valence-corrected chi connectivity index (χ1v) is 8.69. The van der Waals surface area contributed by atoms with Crippen LogP contribution >= 0.6 is 11.8 Å². The highest BCUT2D eigenvalue weighted by atomic mass is 32.2. The largest absolute Gasteiger partial charge is 0.495 e. The van der Waals surface area contributed by atoms with Gasteiger partial charge in [-0.2, -0.15) is 0 Å². The van der Waals surface area contributed by atoms with Crippen molar-refractivity contribution in [3.63, 3.8) is 0 Å². The molecule has 1 saturated heterocycles. The molecule has 1 aliphatic rings. The second-order valence-electron chi connectivity index (χ2n) is 5.31. The van der Waals surface area contributed by atoms with Gasteiger partial charge in [0.05, 0.1) is 24.5 Å². The van der Waals surface area contributed by atoms with E-state index in [0.717, 1.165) is 0 Å². The van der Waals surface area contributed by atoms with E-state index in [-0.39, 0.29) is 24.0 Å². The molecular formula is C16H20N2O5S. The molecule has 130 valence electrons. The van der Waals surface area contributed by atoms with E-state index in [4.69, 9.17) is 9.84 Å². The van der Waals surface area contributed by atoms with E-state index in [1.165, 1.54) is 11.8 Å². The van der Waals surface area contributed by atoms with Crippen molar-refractivity contribution in [2.75, 3.05) is 36.6 Å². The topological polar surface area (TPSA) is 95.9 Å². The number of nitrogens with one attached hydrogen (secondary N) is 1. The normalized spacial score (nSPS) is 17.0. The van der Waals surface area contributed by atoms with E-state index in [2.05, 4.69) is 5.32 Å². The Kier molecular flexibility index (Phi) is 6.48. The summed E-state index contributed by atoms with van der Waals surface area (Å²) in [6.45, 7) is 0.698. The summed E-state index contributed by atoms with van der Waals surface area (Å²) in [6.07, 6.45) is 0.159. The highest BCUT2D eigenvalue weighted by Gasteiger charge is 2.35. The summed E-state index contributed by atoms with van der Waals surface area (Å²) in [5.41, 5.74) is 0.664. The molecule has 0 bridgehead atoms. The predicted molar refractivity (Wildman–Crippen MR) is 91.4 cm³/mol. The first-order valence-electron chi connectivity index (χ1n) is 7.53. The number of carboxylic acid groups (broad SMARTS) is 1. The number of ether oxygens (including phenoxy) is 1. The average molecular weight is 352 g/mol. The molecule has 1 aromatic carbocycles. The van der Waals surface area contributed by atoms with E-state index < -0.39 is 11.9 Å². The van der Waals surface area contributed by atoms with E-state index in [9.17, 15) is 14.4 Å². The quantitative estimate of drug-likeness (QED) is 0.677. The molecule has 0 spiro atoms. The Bertz CT molecular complexity index is 622. The Hall–Kier alpha value is -2.22. The van der Waals surface area contributed by atoms with Crippen molar-refractivity contribution in [3.8, 4) is 5.75 Å². The number of carboxylic acids is 1. The fourth-order valence-electron chi connectivity index (χ4n) is 2.52. The number of para-hydroxylation sites is 2. The zero-order valence-corrected chi connectivity index (χ0v) is 14.2. The van der Waals surface area contributed by atoms with Crippen LogP contribution in [0.4, 0.5) is 5.69 Å². The minimum atomic E-state index is -0.875. The summed E-state index contributed by atoms with van der Waals surface area (Å²) in [6, 6.07) is 7.20. The lowest BCUT2D eigenvalue weighted by Gasteiger charge is -2.19. The number of thioether (sulfide) groups is 1. The van der Waals surface area contributed by atoms with Crippen LogP contribution in [0.3, 0.4) is 0 Å². The fraction of sp³-hybridized carbons (Fsp3) is 0.438. The van der Waals surface area contributed by atoms with Gasteiger partial charge in [-0.1, -0.05) is 12.1 Å². The molecular weight excluding hydrogens is 332 g/mol. The lowest BCUT2D eigenvalue weighted by molar-refractivity contribution is -0.134. The standard InChI is InChI=1S/C16H20N2O5S/c1-23-13-5-3-2-4-12(13)18-9-11(8-14(18)19)16(22)17-6-7-24-10-15(20)21/h2-5,11H,6-10H2,1H3,(H,17,22)(H,20,21). The highest BCUT2D eigenvalue weighted by molar-refractivity contribution is 7.99. The first kappa shape index (κ1) is 18.1. The second-order valence-corrected chi connectivity index (χ2v) is 6.42. The number of nitrogens with zero attached hydrogens (tertiary/aromatic N) is 1. The number of aliphatic carboxylic acids is 1. The fourth-order valence-corrected chi connectivity index (χ4v) is 3.08. The number of hydrogen-bond donors (Lipinski definition) is 2. The summed E-state index contributed by atoms with van der Waals surface area (Å²) in [5.74, 6) is -0.450. The van der Waals surface area contributed by atoms with Gasteiger partial charge in [-0.3, -0.25) is 14.4 Å². The van der Waals surface area contributed by atoms with Crippen LogP contribution in [0.5, 0.6) is 5.75 Å². The number of rotatable bonds is 8. The van der Waals surface area contributed by atoms with Gasteiger partial charge in [-0.05, 0) is 12.1 Å². The van der Waals surface area contributed by atoms with Gasteiger partial charge in [0.1, 0.15) is 5.75 Å². The first-order chi connectivity index (χ1) is 11.5. The Morgan fingerprint density at radius 2 is 2.17 bits per heavy atom. The number of carbonyl (C=O) groups excluding carboxylic acids is 2. The molecule has 1 fully saturated rings. The maximum atomic E-state index is 12.2. The van der Waals surface area contributed by atoms with E-state index in [0.29, 0.717) is 30.3 Å². The maximum absolute atomic E-state index is 12.2. The van der Waals surface area contributed by atoms with Gasteiger partial charge in [-0.15, -0.1) is 11.8 Å². The molecule has 2 amide bonds. The van der Waals surface area contributed by atoms with E-state index in [1.807, 2.05) is 12.1 Å². The molecule has 0 aliphatic carbocycles. The predicted octanol–water partition coefficient (Wildman–Crippen LogP) is 0.982. The van der Waals surface area contributed by atoms with Crippen molar-refractivity contribution in [1.82, 2.24) is 5.32 Å². The Labute approximate surface area is 144 Å². The third kappa shape index (κ3) is 4.64. The van der Waals surface area contributed by atoms with Crippen molar-refractivity contribution < 1.29 is 24.2 Å². The highest BCUT2D eigenvalue weighted by Crippen LogP contribution is 2.32. The number of anilines is 1. The lowest BCUT2D eigenvalue weighted by Crippen LogP contribution is -2.34. The molecule has 0 saturated carbocycles. The zero-order chi connectivity index (χ0) is 17.5. The minimum absolute atomic E-state index is 0.0133. The molecule has 8 heteroatoms. The van der Waals surface area contributed by atoms with Crippen molar-refractivity contribution >= 4 is 35.2 Å². The van der Waals surface area contributed by atoms with Gasteiger partial charge in [0.25, 0.3) is 0 Å². The molecule has 1 aromatic rings. The van der Waals surface area contributed by atoms with E-state index >= 15 is 0 Å². The zero-order valence-electron chi connectivity index (χ0n) is 13.4. The maximum Gasteiger partial charge on any atom is 0.313 e. The summed E-state index contributed by atoms with van der Waals surface area (Å²) < 4.78 is 5.27. The van der Waals surface area contributed by atoms with Gasteiger partial charge in [0, 0.05) is 25.3 Å². The third-order valence-electron chi connectivity index (χ3n) is 3.64. The van der Waals surface area contributed by atoms with Gasteiger partial charge in [-0.25, -0.2) is 0 Å². The van der Waals surface area contributed by atoms with Crippen molar-refractivity contribution in [3.05, 3.63) is 24.3 Å². The molecule has 0 aromatic heterocycles. The van der Waals surface area contributed by atoms with Crippen molar-refractivity contribution in [2.24, 2.45) is 5.92 Å². The van der Waals surface area contributed by atoms with Gasteiger partial charge < -0.3 is 20.1 Å². The monoisotopic (exact) mass is 352 g/mol. The summed E-state index contributed by atoms with van der Waals surface area (Å²) in [7, 11) is 1.54. The minimum Gasteiger partial charge on any atom is -0.495 e. The van der Waals surface area contributed by atoms with Crippen LogP contribution in [-0.2, 0) is 14.4 Å². The molecule has 7 nitrogen and oxygen atoms in total. The van der Waals surface area contributed by atoms with Crippen LogP contribution in [-0.4, -0.2) is 54.6 Å². The molecule has 1 aliphatic heterocycles.